The number of nitrogens with two attached hydrogens (primary N) is 1. The van der Waals surface area contributed by atoms with E-state index >= 15 is 0 Å². The summed E-state index contributed by atoms with van der Waals surface area (Å²) in [6, 6.07) is 4.20. The summed E-state index contributed by atoms with van der Waals surface area (Å²) in [4.78, 5) is 28.9. The first kappa shape index (κ1) is 18.8. The van der Waals surface area contributed by atoms with Gasteiger partial charge in [-0.1, -0.05) is 12.7 Å². The minimum atomic E-state index is -0.207. The van der Waals surface area contributed by atoms with Gasteiger partial charge in [0.15, 0.2) is 0 Å². The lowest BCUT2D eigenvalue weighted by Crippen LogP contribution is -2.37. The number of H-pyrrole nitrogens is 1. The Bertz CT molecular complexity index is 1450. The molecule has 4 aromatic heterocycles. The van der Waals surface area contributed by atoms with Crippen LogP contribution in [0.5, 0.6) is 0 Å². The van der Waals surface area contributed by atoms with Gasteiger partial charge in [0.1, 0.15) is 23.4 Å². The number of aromatic nitrogens is 5. The molecule has 160 valence electrons. The second kappa shape index (κ2) is 6.78. The molecule has 1 amide bonds. The highest BCUT2D eigenvalue weighted by Gasteiger charge is 2.29. The molecule has 0 radical (unpaired) electrons. The highest BCUT2D eigenvalue weighted by atomic mass is 16.1. The van der Waals surface area contributed by atoms with Crippen LogP contribution in [0.1, 0.15) is 37.1 Å². The molecule has 2 aliphatic rings. The number of hydrogen-bond acceptors (Lipinski definition) is 5. The molecule has 1 aliphatic heterocycles. The van der Waals surface area contributed by atoms with Crippen molar-refractivity contribution >= 4 is 39.4 Å². The van der Waals surface area contributed by atoms with Crippen molar-refractivity contribution in [2.24, 2.45) is 0 Å². The Kier molecular flexibility index (Phi) is 3.98. The minimum Gasteiger partial charge on any atom is -0.383 e. The van der Waals surface area contributed by atoms with Crippen molar-refractivity contribution in [1.82, 2.24) is 29.8 Å². The molecule has 0 saturated heterocycles. The molecule has 6 rings (SSSR count). The maximum Gasteiger partial charge on any atom is 0.243 e. The standard InChI is InChI=1S/C24H23N7O/c1-3-18(32)29-16-6-12(2)21-19(20-22(25)27-11-28-24(20)31(21)10-16)15-7-14-8-17(13-4-5-13)30-23(14)26-9-15/h3,6-9,11,13,16H,1,4-5,10H2,2H3,(H,26,30)(H,29,32)(H2,25,27,28)/t16-/m0/s1. The Hall–Kier alpha value is -3.94. The van der Waals surface area contributed by atoms with Crippen LogP contribution < -0.4 is 11.1 Å². The van der Waals surface area contributed by atoms with Gasteiger partial charge in [0.2, 0.25) is 5.91 Å². The molecule has 0 aromatic carbocycles. The summed E-state index contributed by atoms with van der Waals surface area (Å²) in [5.74, 6) is 0.855. The maximum atomic E-state index is 11.9. The Morgan fingerprint density at radius 2 is 2.16 bits per heavy atom. The summed E-state index contributed by atoms with van der Waals surface area (Å²) in [6.45, 7) is 6.14. The summed E-state index contributed by atoms with van der Waals surface area (Å²) < 4.78 is 2.11. The highest BCUT2D eigenvalue weighted by molar-refractivity contribution is 6.07. The fraction of sp³-hybridized carbons (Fsp3) is 0.250. The molecule has 4 aromatic rings. The third-order valence-corrected chi connectivity index (χ3v) is 6.38. The Morgan fingerprint density at radius 1 is 1.31 bits per heavy atom. The van der Waals surface area contributed by atoms with Crippen molar-refractivity contribution in [1.29, 1.82) is 0 Å². The fourth-order valence-electron chi connectivity index (χ4n) is 4.81. The van der Waals surface area contributed by atoms with Crippen molar-refractivity contribution in [3.05, 3.63) is 54.8 Å². The number of nitrogen functional groups attached to an aromatic ring is 1. The van der Waals surface area contributed by atoms with Gasteiger partial charge in [-0.05, 0) is 49.5 Å². The van der Waals surface area contributed by atoms with Crippen LogP contribution in [0.4, 0.5) is 5.82 Å². The quantitative estimate of drug-likeness (QED) is 0.433. The predicted molar refractivity (Wildman–Crippen MR) is 125 cm³/mol. The van der Waals surface area contributed by atoms with E-state index in [4.69, 9.17) is 10.7 Å². The van der Waals surface area contributed by atoms with E-state index in [9.17, 15) is 4.79 Å². The summed E-state index contributed by atoms with van der Waals surface area (Å²) in [5, 5.41) is 4.86. The molecule has 1 fully saturated rings. The zero-order chi connectivity index (χ0) is 22.0. The number of allylic oxidation sites excluding steroid dienone is 1. The van der Waals surface area contributed by atoms with Gasteiger partial charge in [0, 0.05) is 34.9 Å². The Balaban J connectivity index is 1.55. The van der Waals surface area contributed by atoms with Crippen LogP contribution in [0.25, 0.3) is 38.8 Å². The number of pyridine rings is 1. The molecule has 4 N–H and O–H groups in total. The summed E-state index contributed by atoms with van der Waals surface area (Å²) in [6.07, 6.45) is 9.19. The smallest absolute Gasteiger partial charge is 0.243 e. The van der Waals surface area contributed by atoms with Gasteiger partial charge in [-0.15, -0.1) is 0 Å². The molecule has 8 heteroatoms. The van der Waals surface area contributed by atoms with E-state index < -0.39 is 0 Å². The lowest BCUT2D eigenvalue weighted by molar-refractivity contribution is -0.116. The number of aromatic amines is 1. The monoisotopic (exact) mass is 425 g/mol. The van der Waals surface area contributed by atoms with E-state index in [0.29, 0.717) is 18.3 Å². The number of nitrogens with zero attached hydrogens (tertiary/aromatic N) is 4. The maximum absolute atomic E-state index is 11.9. The molecule has 1 aliphatic carbocycles. The van der Waals surface area contributed by atoms with Crippen LogP contribution in [0.2, 0.25) is 0 Å². The second-order valence-corrected chi connectivity index (χ2v) is 8.62. The van der Waals surface area contributed by atoms with E-state index in [1.165, 1.54) is 30.9 Å². The van der Waals surface area contributed by atoms with Gasteiger partial charge >= 0.3 is 0 Å². The molecule has 5 heterocycles. The molecule has 32 heavy (non-hydrogen) atoms. The summed E-state index contributed by atoms with van der Waals surface area (Å²) in [5.41, 5.74) is 13.3. The van der Waals surface area contributed by atoms with Crippen LogP contribution in [0, 0.1) is 0 Å². The zero-order valence-electron chi connectivity index (χ0n) is 17.7. The van der Waals surface area contributed by atoms with E-state index in [0.717, 1.165) is 44.5 Å². The van der Waals surface area contributed by atoms with Crippen molar-refractivity contribution in [3.63, 3.8) is 0 Å². The van der Waals surface area contributed by atoms with Crippen LogP contribution in [-0.4, -0.2) is 36.5 Å². The number of nitrogens with one attached hydrogen (secondary N) is 2. The number of anilines is 1. The first-order chi connectivity index (χ1) is 15.5. The number of amides is 1. The lowest BCUT2D eigenvalue weighted by Gasteiger charge is -2.24. The number of hydrogen-bond donors (Lipinski definition) is 3. The summed E-state index contributed by atoms with van der Waals surface area (Å²) >= 11 is 0. The fourth-order valence-corrected chi connectivity index (χ4v) is 4.81. The van der Waals surface area contributed by atoms with Crippen molar-refractivity contribution in [2.45, 2.75) is 38.3 Å². The highest BCUT2D eigenvalue weighted by Crippen LogP contribution is 2.43. The first-order valence-corrected chi connectivity index (χ1v) is 10.8. The van der Waals surface area contributed by atoms with Crippen LogP contribution in [-0.2, 0) is 11.3 Å². The number of carbonyl (C=O) groups is 1. The molecular formula is C24H23N7O. The SMILES string of the molecule is C=CC(=O)N[C@H]1C=C(C)c2c(-c3cnc4[nH]c(C5CC5)cc4c3)c3c(N)ncnc3n2C1. The number of rotatable bonds is 4. The normalized spacial score (nSPS) is 17.9. The van der Waals surface area contributed by atoms with Crippen molar-refractivity contribution < 1.29 is 4.79 Å². The number of carbonyl (C=O) groups excluding carboxylic acids is 1. The van der Waals surface area contributed by atoms with Crippen molar-refractivity contribution in [2.75, 3.05) is 5.73 Å². The topological polar surface area (TPSA) is 115 Å². The van der Waals surface area contributed by atoms with Crippen LogP contribution in [0.15, 0.2) is 43.4 Å². The van der Waals surface area contributed by atoms with E-state index in [-0.39, 0.29) is 11.9 Å². The molecule has 1 saturated carbocycles. The van der Waals surface area contributed by atoms with Crippen LogP contribution in [0.3, 0.4) is 0 Å². The third kappa shape index (κ3) is 2.83. The predicted octanol–water partition coefficient (Wildman–Crippen LogP) is 3.52. The second-order valence-electron chi connectivity index (χ2n) is 8.62. The largest absolute Gasteiger partial charge is 0.383 e. The first-order valence-electron chi connectivity index (χ1n) is 10.8. The van der Waals surface area contributed by atoms with Gasteiger partial charge < -0.3 is 20.6 Å². The van der Waals surface area contributed by atoms with Gasteiger partial charge in [0.25, 0.3) is 0 Å². The van der Waals surface area contributed by atoms with Gasteiger partial charge in [0.05, 0.1) is 17.1 Å². The van der Waals surface area contributed by atoms with Gasteiger partial charge in [-0.2, -0.15) is 0 Å². The Morgan fingerprint density at radius 3 is 2.94 bits per heavy atom. The molecule has 8 nitrogen and oxygen atoms in total. The molecule has 0 spiro atoms. The van der Waals surface area contributed by atoms with Crippen LogP contribution >= 0.6 is 0 Å². The number of fused-ring (bicyclic) bond motifs is 4. The molecule has 0 unspecified atom stereocenters. The van der Waals surface area contributed by atoms with E-state index in [1.54, 1.807) is 0 Å². The van der Waals surface area contributed by atoms with Gasteiger partial charge in [-0.3, -0.25) is 4.79 Å². The molecule has 0 bridgehead atoms. The van der Waals surface area contributed by atoms with Gasteiger partial charge in [-0.25, -0.2) is 15.0 Å². The third-order valence-electron chi connectivity index (χ3n) is 6.38. The molecular weight excluding hydrogens is 402 g/mol. The Labute approximate surface area is 184 Å². The zero-order valence-corrected chi connectivity index (χ0v) is 17.7. The van der Waals surface area contributed by atoms with E-state index in [1.807, 2.05) is 13.1 Å². The van der Waals surface area contributed by atoms with E-state index in [2.05, 4.69) is 49.6 Å². The average Bonchev–Trinajstić information content (AvgIpc) is 3.45. The minimum absolute atomic E-state index is 0.168. The lowest BCUT2D eigenvalue weighted by atomic mass is 9.97. The van der Waals surface area contributed by atoms with Crippen molar-refractivity contribution in [3.8, 4) is 11.1 Å². The molecule has 1 atom stereocenters. The summed E-state index contributed by atoms with van der Waals surface area (Å²) in [7, 11) is 0. The average molecular weight is 425 g/mol.